The minimum absolute atomic E-state index is 0.281. The van der Waals surface area contributed by atoms with Crippen LogP contribution in [0.2, 0.25) is 0 Å². The second-order valence-electron chi connectivity index (χ2n) is 5.75. The summed E-state index contributed by atoms with van der Waals surface area (Å²) in [5.74, 6) is 0.601. The number of amides is 1. The number of hydrogen-bond donors (Lipinski definition) is 1. The van der Waals surface area contributed by atoms with Gasteiger partial charge in [0.1, 0.15) is 11.6 Å². The van der Waals surface area contributed by atoms with Crippen molar-refractivity contribution in [2.24, 2.45) is 0 Å². The van der Waals surface area contributed by atoms with Crippen molar-refractivity contribution in [3.05, 3.63) is 82.2 Å². The van der Waals surface area contributed by atoms with Crippen molar-refractivity contribution < 1.29 is 13.9 Å². The zero-order chi connectivity index (χ0) is 19.2. The van der Waals surface area contributed by atoms with E-state index in [2.05, 4.69) is 26.3 Å². The number of hydrogen-bond acceptors (Lipinski definition) is 3. The lowest BCUT2D eigenvalue weighted by Crippen LogP contribution is -2.09. The van der Waals surface area contributed by atoms with Crippen LogP contribution in [0.4, 0.5) is 10.2 Å². The van der Waals surface area contributed by atoms with Crippen LogP contribution in [0.3, 0.4) is 0 Å². The number of carbonyl (C=O) groups is 1. The number of nitrogens with one attached hydrogen (secondary N) is 1. The Kier molecular flexibility index (Phi) is 6.03. The van der Waals surface area contributed by atoms with Gasteiger partial charge in [-0.25, -0.2) is 4.39 Å². The molecule has 1 heterocycles. The van der Waals surface area contributed by atoms with Crippen LogP contribution in [-0.4, -0.2) is 22.8 Å². The topological polar surface area (TPSA) is 56.1 Å². The number of methoxy groups -OCH3 is 1. The first-order valence-electron chi connectivity index (χ1n) is 8.14. The molecule has 0 bridgehead atoms. The van der Waals surface area contributed by atoms with E-state index in [-0.39, 0.29) is 11.7 Å². The molecule has 0 aliphatic rings. The van der Waals surface area contributed by atoms with Gasteiger partial charge in [-0.15, -0.1) is 0 Å². The highest BCUT2D eigenvalue weighted by atomic mass is 79.9. The van der Waals surface area contributed by atoms with Crippen LogP contribution >= 0.6 is 15.9 Å². The molecule has 0 aliphatic carbocycles. The van der Waals surface area contributed by atoms with E-state index in [1.165, 1.54) is 18.2 Å². The predicted octanol–water partition coefficient (Wildman–Crippen LogP) is 4.49. The monoisotopic (exact) mass is 429 g/mol. The van der Waals surface area contributed by atoms with Gasteiger partial charge in [-0.2, -0.15) is 5.10 Å². The molecule has 0 unspecified atom stereocenters. The fourth-order valence-electron chi connectivity index (χ4n) is 2.38. The normalized spacial score (nSPS) is 10.9. The third-order valence-electron chi connectivity index (χ3n) is 3.76. The summed E-state index contributed by atoms with van der Waals surface area (Å²) in [4.78, 5) is 12.1. The Morgan fingerprint density at radius 2 is 1.93 bits per heavy atom. The van der Waals surface area contributed by atoms with Gasteiger partial charge in [0.05, 0.1) is 18.1 Å². The smallest absolute Gasteiger partial charge is 0.249 e. The molecular weight excluding hydrogens is 413 g/mol. The van der Waals surface area contributed by atoms with E-state index in [4.69, 9.17) is 4.74 Å². The van der Waals surface area contributed by atoms with Crippen molar-refractivity contribution >= 4 is 33.7 Å². The van der Waals surface area contributed by atoms with Gasteiger partial charge in [0.15, 0.2) is 5.82 Å². The van der Waals surface area contributed by atoms with Crippen molar-refractivity contribution in [2.75, 3.05) is 12.4 Å². The summed E-state index contributed by atoms with van der Waals surface area (Å²) >= 11 is 3.39. The molecule has 1 N–H and O–H groups in total. The molecule has 1 amide bonds. The van der Waals surface area contributed by atoms with Crippen LogP contribution in [0, 0.1) is 5.82 Å². The summed E-state index contributed by atoms with van der Waals surface area (Å²) in [5.41, 5.74) is 1.79. The summed E-state index contributed by atoms with van der Waals surface area (Å²) < 4.78 is 20.4. The molecule has 27 heavy (non-hydrogen) atoms. The van der Waals surface area contributed by atoms with E-state index >= 15 is 0 Å². The zero-order valence-corrected chi connectivity index (χ0v) is 16.1. The Labute approximate surface area is 164 Å². The van der Waals surface area contributed by atoms with E-state index in [0.29, 0.717) is 16.8 Å². The second-order valence-corrected chi connectivity index (χ2v) is 6.60. The van der Waals surface area contributed by atoms with Gasteiger partial charge in [-0.05, 0) is 57.4 Å². The maximum atomic E-state index is 13.0. The van der Waals surface area contributed by atoms with Crippen molar-refractivity contribution in [2.45, 2.75) is 6.54 Å². The first-order valence-corrected chi connectivity index (χ1v) is 8.93. The van der Waals surface area contributed by atoms with Gasteiger partial charge >= 0.3 is 0 Å². The number of anilines is 1. The van der Waals surface area contributed by atoms with Crippen LogP contribution in [0.25, 0.3) is 6.08 Å². The Bertz CT molecular complexity index is 950. The third-order valence-corrected chi connectivity index (χ3v) is 4.34. The number of ether oxygens (including phenoxy) is 1. The molecule has 7 heteroatoms. The van der Waals surface area contributed by atoms with Gasteiger partial charge < -0.3 is 10.1 Å². The van der Waals surface area contributed by atoms with Gasteiger partial charge in [0, 0.05) is 12.3 Å². The molecule has 0 fully saturated rings. The summed E-state index contributed by atoms with van der Waals surface area (Å²) in [5, 5.41) is 7.07. The molecular formula is C20H17BrFN3O2. The molecule has 1 aromatic heterocycles. The highest BCUT2D eigenvalue weighted by Gasteiger charge is 2.09. The maximum Gasteiger partial charge on any atom is 0.249 e. The standard InChI is InChI=1S/C20H17BrFN3O2/c1-27-17-9-4-14(5-10-17)6-11-19(26)23-20-18(21)13-25(24-20)12-15-2-7-16(22)8-3-15/h2-11,13H,12H2,1H3,(H,23,24,26)/b11-6+. The van der Waals surface area contributed by atoms with E-state index in [1.54, 1.807) is 36.2 Å². The molecule has 5 nitrogen and oxygen atoms in total. The van der Waals surface area contributed by atoms with Crippen LogP contribution in [0.1, 0.15) is 11.1 Å². The lowest BCUT2D eigenvalue weighted by Gasteiger charge is -2.02. The van der Waals surface area contributed by atoms with E-state index in [9.17, 15) is 9.18 Å². The molecule has 2 aromatic carbocycles. The quantitative estimate of drug-likeness (QED) is 0.587. The zero-order valence-electron chi connectivity index (χ0n) is 14.5. The molecule has 0 aliphatic heterocycles. The summed E-state index contributed by atoms with van der Waals surface area (Å²) in [6.07, 6.45) is 4.90. The first-order chi connectivity index (χ1) is 13.0. The van der Waals surface area contributed by atoms with Crippen molar-refractivity contribution in [1.82, 2.24) is 9.78 Å². The van der Waals surface area contributed by atoms with Crippen LogP contribution in [0.5, 0.6) is 5.75 Å². The van der Waals surface area contributed by atoms with Gasteiger partial charge in [0.2, 0.25) is 5.91 Å². The van der Waals surface area contributed by atoms with Crippen LogP contribution < -0.4 is 10.1 Å². The minimum Gasteiger partial charge on any atom is -0.497 e. The lowest BCUT2D eigenvalue weighted by atomic mass is 10.2. The lowest BCUT2D eigenvalue weighted by molar-refractivity contribution is -0.111. The van der Waals surface area contributed by atoms with Gasteiger partial charge in [-0.3, -0.25) is 9.48 Å². The van der Waals surface area contributed by atoms with Gasteiger partial charge in [0.25, 0.3) is 0 Å². The number of nitrogens with zero attached hydrogens (tertiary/aromatic N) is 2. The Morgan fingerprint density at radius 1 is 1.22 bits per heavy atom. The summed E-state index contributed by atoms with van der Waals surface area (Å²) in [7, 11) is 1.60. The van der Waals surface area contributed by atoms with E-state index in [0.717, 1.165) is 16.9 Å². The number of rotatable bonds is 6. The Balaban J connectivity index is 1.62. The predicted molar refractivity (Wildman–Crippen MR) is 106 cm³/mol. The highest BCUT2D eigenvalue weighted by Crippen LogP contribution is 2.21. The van der Waals surface area contributed by atoms with E-state index in [1.807, 2.05) is 24.3 Å². The molecule has 0 saturated carbocycles. The molecule has 0 spiro atoms. The molecule has 3 rings (SSSR count). The number of carbonyl (C=O) groups excluding carboxylic acids is 1. The van der Waals surface area contributed by atoms with Crippen molar-refractivity contribution in [3.63, 3.8) is 0 Å². The Morgan fingerprint density at radius 3 is 2.59 bits per heavy atom. The summed E-state index contributed by atoms with van der Waals surface area (Å²) in [6.45, 7) is 0.469. The van der Waals surface area contributed by atoms with Crippen molar-refractivity contribution in [1.29, 1.82) is 0 Å². The SMILES string of the molecule is COc1ccc(/C=C/C(=O)Nc2nn(Cc3ccc(F)cc3)cc2Br)cc1. The Hall–Kier alpha value is -2.93. The minimum atomic E-state index is -0.293. The maximum absolute atomic E-state index is 13.0. The molecule has 138 valence electrons. The fourth-order valence-corrected chi connectivity index (χ4v) is 2.80. The third kappa shape index (κ3) is 5.27. The van der Waals surface area contributed by atoms with E-state index < -0.39 is 0 Å². The molecule has 0 atom stereocenters. The second kappa shape index (κ2) is 8.64. The molecule has 3 aromatic rings. The molecule has 0 radical (unpaired) electrons. The summed E-state index contributed by atoms with van der Waals surface area (Å²) in [6, 6.07) is 13.6. The number of halogens is 2. The largest absolute Gasteiger partial charge is 0.497 e. The fraction of sp³-hybridized carbons (Fsp3) is 0.100. The number of aromatic nitrogens is 2. The highest BCUT2D eigenvalue weighted by molar-refractivity contribution is 9.10. The van der Waals surface area contributed by atoms with Crippen LogP contribution in [-0.2, 0) is 11.3 Å². The average Bonchev–Trinajstić information content (AvgIpc) is 3.01. The number of benzene rings is 2. The molecule has 0 saturated heterocycles. The average molecular weight is 430 g/mol. The van der Waals surface area contributed by atoms with Crippen molar-refractivity contribution in [3.8, 4) is 5.75 Å². The van der Waals surface area contributed by atoms with Gasteiger partial charge in [-0.1, -0.05) is 24.3 Å². The van der Waals surface area contributed by atoms with Crippen LogP contribution in [0.15, 0.2) is 65.3 Å². The first kappa shape index (κ1) is 18.8.